The minimum Gasteiger partial charge on any atom is -0.493 e. The van der Waals surface area contributed by atoms with E-state index in [1.807, 2.05) is 49.4 Å². The molecule has 2 N–H and O–H groups in total. The van der Waals surface area contributed by atoms with Crippen molar-refractivity contribution in [3.05, 3.63) is 93.6 Å². The molecule has 3 aromatic carbocycles. The number of carbonyl (C=O) groups excluding carboxylic acids is 1. The molecule has 0 bridgehead atoms. The topological polar surface area (TPSA) is 90.3 Å². The van der Waals surface area contributed by atoms with E-state index in [-0.39, 0.29) is 5.91 Å². The average Bonchev–Trinajstić information content (AvgIpc) is 3.33. The number of fused-ring (bicyclic) bond motifs is 1. The first kappa shape index (κ1) is 24.7. The minimum absolute atomic E-state index is 0.277. The normalized spacial score (nSPS) is 14.6. The molecule has 1 amide bonds. The summed E-state index contributed by atoms with van der Waals surface area (Å²) in [5, 5.41) is 11.8. The minimum atomic E-state index is -0.615. The fourth-order valence-corrected chi connectivity index (χ4v) is 4.56. The molecule has 2 heterocycles. The number of para-hydroxylation sites is 1. The second-order valence-corrected chi connectivity index (χ2v) is 9.15. The van der Waals surface area contributed by atoms with Crippen LogP contribution in [0.15, 0.2) is 78.0 Å². The molecule has 188 valence electrons. The first-order chi connectivity index (χ1) is 17.9. The maximum atomic E-state index is 13.6. The number of rotatable bonds is 6. The van der Waals surface area contributed by atoms with E-state index in [0.717, 1.165) is 11.1 Å². The summed E-state index contributed by atoms with van der Waals surface area (Å²) < 4.78 is 12.5. The van der Waals surface area contributed by atoms with Gasteiger partial charge in [0.05, 0.1) is 29.8 Å². The molecule has 4 aromatic rings. The standard InChI is InChI=1S/C27H23Cl2N5O3/c1-15-23(26(35)31-18-7-5-4-6-8-18)24(16-9-11-19(28)20(29)13-16)34-27(30-15)32-25(33-34)17-10-12-21(36-2)22(14-17)37-3/h4-14,24H,1-3H3,(H,31,35)(H,30,32,33). The molecule has 8 nitrogen and oxygen atoms in total. The number of nitrogens with zero attached hydrogens (tertiary/aromatic N) is 3. The van der Waals surface area contributed by atoms with E-state index < -0.39 is 6.04 Å². The lowest BCUT2D eigenvalue weighted by Gasteiger charge is -2.29. The van der Waals surface area contributed by atoms with Gasteiger partial charge >= 0.3 is 0 Å². The number of halogens is 2. The number of nitrogens with one attached hydrogen (secondary N) is 2. The van der Waals surface area contributed by atoms with Crippen LogP contribution in [0.25, 0.3) is 11.4 Å². The van der Waals surface area contributed by atoms with Gasteiger partial charge in [-0.05, 0) is 55.0 Å². The van der Waals surface area contributed by atoms with E-state index in [0.29, 0.717) is 50.3 Å². The lowest BCUT2D eigenvalue weighted by molar-refractivity contribution is -0.113. The highest BCUT2D eigenvalue weighted by Gasteiger charge is 2.35. The number of amides is 1. The number of anilines is 2. The molecule has 1 aliphatic rings. The van der Waals surface area contributed by atoms with Crippen molar-refractivity contribution in [1.82, 2.24) is 14.8 Å². The quantitative estimate of drug-likeness (QED) is 0.305. The van der Waals surface area contributed by atoms with Crippen molar-refractivity contribution in [2.45, 2.75) is 13.0 Å². The van der Waals surface area contributed by atoms with Gasteiger partial charge in [-0.1, -0.05) is 47.5 Å². The van der Waals surface area contributed by atoms with Gasteiger partial charge in [-0.2, -0.15) is 4.98 Å². The first-order valence-electron chi connectivity index (χ1n) is 11.4. The Kier molecular flexibility index (Phi) is 6.78. The Bertz CT molecular complexity index is 1520. The van der Waals surface area contributed by atoms with Gasteiger partial charge in [-0.3, -0.25) is 4.79 Å². The van der Waals surface area contributed by atoms with Gasteiger partial charge in [0.25, 0.3) is 5.91 Å². The van der Waals surface area contributed by atoms with Crippen LogP contribution < -0.4 is 20.1 Å². The van der Waals surface area contributed by atoms with Gasteiger partial charge < -0.3 is 20.1 Å². The Morgan fingerprint density at radius 2 is 1.73 bits per heavy atom. The first-order valence-corrected chi connectivity index (χ1v) is 12.1. The molecule has 10 heteroatoms. The molecule has 37 heavy (non-hydrogen) atoms. The highest BCUT2D eigenvalue weighted by Crippen LogP contribution is 2.39. The molecular formula is C27H23Cl2N5O3. The summed E-state index contributed by atoms with van der Waals surface area (Å²) in [6, 6.07) is 19.4. The number of allylic oxidation sites excluding steroid dienone is 1. The van der Waals surface area contributed by atoms with E-state index in [1.54, 1.807) is 43.2 Å². The molecule has 0 radical (unpaired) electrons. The number of methoxy groups -OCH3 is 2. The maximum absolute atomic E-state index is 13.6. The second-order valence-electron chi connectivity index (χ2n) is 8.33. The van der Waals surface area contributed by atoms with Crippen LogP contribution in [0.4, 0.5) is 11.6 Å². The predicted molar refractivity (Wildman–Crippen MR) is 145 cm³/mol. The van der Waals surface area contributed by atoms with Gasteiger partial charge in [0.1, 0.15) is 6.04 Å². The van der Waals surface area contributed by atoms with Gasteiger partial charge in [-0.15, -0.1) is 5.10 Å². The van der Waals surface area contributed by atoms with E-state index in [4.69, 9.17) is 42.8 Å². The van der Waals surface area contributed by atoms with Crippen LogP contribution in [0.1, 0.15) is 18.5 Å². The molecule has 5 rings (SSSR count). The van der Waals surface area contributed by atoms with E-state index in [1.165, 1.54) is 0 Å². The molecule has 1 unspecified atom stereocenters. The van der Waals surface area contributed by atoms with E-state index in [2.05, 4.69) is 10.6 Å². The average molecular weight is 536 g/mol. The van der Waals surface area contributed by atoms with Crippen LogP contribution in [0.5, 0.6) is 11.5 Å². The number of carbonyl (C=O) groups is 1. The third kappa shape index (κ3) is 4.73. The van der Waals surface area contributed by atoms with Crippen LogP contribution in [0.3, 0.4) is 0 Å². The molecule has 0 saturated carbocycles. The third-order valence-electron chi connectivity index (χ3n) is 6.03. The number of hydrogen-bond donors (Lipinski definition) is 2. The van der Waals surface area contributed by atoms with Gasteiger partial charge in [-0.25, -0.2) is 4.68 Å². The largest absolute Gasteiger partial charge is 0.493 e. The van der Waals surface area contributed by atoms with Gasteiger partial charge in [0, 0.05) is 16.9 Å². The molecule has 0 spiro atoms. The van der Waals surface area contributed by atoms with Crippen LogP contribution in [-0.4, -0.2) is 34.9 Å². The summed E-state index contributed by atoms with van der Waals surface area (Å²) in [5.41, 5.74) is 3.25. The van der Waals surface area contributed by atoms with Crippen molar-refractivity contribution in [3.8, 4) is 22.9 Å². The van der Waals surface area contributed by atoms with Crippen molar-refractivity contribution < 1.29 is 14.3 Å². The number of ether oxygens (including phenoxy) is 2. The zero-order valence-corrected chi connectivity index (χ0v) is 21.8. The molecule has 1 atom stereocenters. The van der Waals surface area contributed by atoms with Crippen molar-refractivity contribution in [1.29, 1.82) is 0 Å². The van der Waals surface area contributed by atoms with Gasteiger partial charge in [0.15, 0.2) is 17.3 Å². The summed E-state index contributed by atoms with van der Waals surface area (Å²) in [4.78, 5) is 18.3. The maximum Gasteiger partial charge on any atom is 0.255 e. The van der Waals surface area contributed by atoms with Crippen molar-refractivity contribution in [3.63, 3.8) is 0 Å². The van der Waals surface area contributed by atoms with Crippen LogP contribution in [0, 0.1) is 0 Å². The van der Waals surface area contributed by atoms with E-state index in [9.17, 15) is 4.79 Å². The van der Waals surface area contributed by atoms with Crippen molar-refractivity contribution >= 4 is 40.7 Å². The van der Waals surface area contributed by atoms with Crippen molar-refractivity contribution in [2.24, 2.45) is 0 Å². The zero-order chi connectivity index (χ0) is 26.1. The number of benzene rings is 3. The Morgan fingerprint density at radius 3 is 2.43 bits per heavy atom. The molecule has 1 aromatic heterocycles. The van der Waals surface area contributed by atoms with Crippen molar-refractivity contribution in [2.75, 3.05) is 24.9 Å². The molecule has 0 fully saturated rings. The fraction of sp³-hybridized carbons (Fsp3) is 0.148. The lowest BCUT2D eigenvalue weighted by atomic mass is 9.95. The van der Waals surface area contributed by atoms with Crippen LogP contribution in [0.2, 0.25) is 10.0 Å². The predicted octanol–water partition coefficient (Wildman–Crippen LogP) is 6.20. The Hall–Kier alpha value is -4.01. The Balaban J connectivity index is 1.61. The molecular weight excluding hydrogens is 513 g/mol. The van der Waals surface area contributed by atoms with Gasteiger partial charge in [0.2, 0.25) is 5.95 Å². The van der Waals surface area contributed by atoms with Crippen LogP contribution in [-0.2, 0) is 4.79 Å². The summed E-state index contributed by atoms with van der Waals surface area (Å²) >= 11 is 12.6. The Labute approximate surface area is 223 Å². The smallest absolute Gasteiger partial charge is 0.255 e. The fourth-order valence-electron chi connectivity index (χ4n) is 4.25. The SMILES string of the molecule is COc1ccc(-c2nc3n(n2)C(c2ccc(Cl)c(Cl)c2)C(C(=O)Nc2ccccc2)=C(C)N3)cc1OC. The number of aromatic nitrogens is 3. The van der Waals surface area contributed by atoms with Crippen LogP contribution >= 0.6 is 23.2 Å². The molecule has 0 aliphatic carbocycles. The summed E-state index contributed by atoms with van der Waals surface area (Å²) in [5.74, 6) is 1.81. The summed E-state index contributed by atoms with van der Waals surface area (Å²) in [7, 11) is 3.15. The monoisotopic (exact) mass is 535 g/mol. The lowest BCUT2D eigenvalue weighted by Crippen LogP contribution is -2.31. The summed E-state index contributed by atoms with van der Waals surface area (Å²) in [6.45, 7) is 1.83. The zero-order valence-electron chi connectivity index (χ0n) is 20.3. The second kappa shape index (κ2) is 10.2. The Morgan fingerprint density at radius 1 is 0.973 bits per heavy atom. The third-order valence-corrected chi connectivity index (χ3v) is 6.77. The summed E-state index contributed by atoms with van der Waals surface area (Å²) in [6.07, 6.45) is 0. The molecule has 1 aliphatic heterocycles. The molecule has 0 saturated heterocycles. The highest BCUT2D eigenvalue weighted by atomic mass is 35.5. The van der Waals surface area contributed by atoms with E-state index >= 15 is 0 Å². The highest BCUT2D eigenvalue weighted by molar-refractivity contribution is 6.42. The number of hydrogen-bond acceptors (Lipinski definition) is 6.